The van der Waals surface area contributed by atoms with Gasteiger partial charge in [-0.3, -0.25) is 9.59 Å². The third kappa shape index (κ3) is 5.72. The molecule has 0 spiro atoms. The van der Waals surface area contributed by atoms with Crippen LogP contribution >= 0.6 is 24.0 Å². The number of hydrogen-bond donors (Lipinski definition) is 1. The van der Waals surface area contributed by atoms with Gasteiger partial charge in [0.25, 0.3) is 5.91 Å². The Morgan fingerprint density at radius 3 is 2.67 bits per heavy atom. The lowest BCUT2D eigenvalue weighted by Crippen LogP contribution is -2.25. The van der Waals surface area contributed by atoms with Crippen molar-refractivity contribution in [3.8, 4) is 0 Å². The van der Waals surface area contributed by atoms with Crippen molar-refractivity contribution in [1.82, 2.24) is 4.90 Å². The second-order valence-corrected chi connectivity index (χ2v) is 6.69. The lowest BCUT2D eigenvalue weighted by Gasteiger charge is -2.17. The number of amides is 1. The number of nitrogens with one attached hydrogen (secondary N) is 1. The number of hydrogen-bond acceptors (Lipinski definition) is 5. The zero-order chi connectivity index (χ0) is 17.5. The summed E-state index contributed by atoms with van der Waals surface area (Å²) < 4.78 is 31.6. The van der Waals surface area contributed by atoms with Gasteiger partial charge in [0.2, 0.25) is 0 Å². The number of carbonyl (C=O) groups is 2. The number of thiocarbonyl (C=S) groups is 1. The number of anilines is 1. The van der Waals surface area contributed by atoms with E-state index in [-0.39, 0.29) is 11.4 Å². The van der Waals surface area contributed by atoms with Crippen molar-refractivity contribution >= 4 is 45.9 Å². The van der Waals surface area contributed by atoms with Crippen LogP contribution in [0.2, 0.25) is 0 Å². The van der Waals surface area contributed by atoms with Crippen LogP contribution in [0.1, 0.15) is 12.8 Å². The summed E-state index contributed by atoms with van der Waals surface area (Å²) in [6.07, 6.45) is 2.18. The summed E-state index contributed by atoms with van der Waals surface area (Å²) in [5.41, 5.74) is -0.179. The molecule has 5 nitrogen and oxygen atoms in total. The predicted molar refractivity (Wildman–Crippen MR) is 91.8 cm³/mol. The van der Waals surface area contributed by atoms with Crippen molar-refractivity contribution in [2.24, 2.45) is 0 Å². The van der Waals surface area contributed by atoms with Crippen LogP contribution in [0, 0.1) is 11.6 Å². The van der Waals surface area contributed by atoms with Crippen LogP contribution in [0.15, 0.2) is 18.2 Å². The number of rotatable bonds is 5. The molecule has 0 aliphatic carbocycles. The molecule has 0 bridgehead atoms. The third-order valence-corrected chi connectivity index (χ3v) is 4.74. The molecule has 1 heterocycles. The number of ether oxygens (including phenoxy) is 1. The van der Waals surface area contributed by atoms with E-state index in [0.29, 0.717) is 10.4 Å². The molecule has 1 aliphatic heterocycles. The van der Waals surface area contributed by atoms with Crippen LogP contribution in [0.25, 0.3) is 0 Å². The van der Waals surface area contributed by atoms with E-state index in [0.717, 1.165) is 38.1 Å². The smallest absolute Gasteiger partial charge is 0.316 e. The second kappa shape index (κ2) is 8.93. The van der Waals surface area contributed by atoms with Crippen LogP contribution in [0.5, 0.6) is 0 Å². The molecule has 1 amide bonds. The second-order valence-electron chi connectivity index (χ2n) is 5.08. The van der Waals surface area contributed by atoms with Crippen molar-refractivity contribution in [3.63, 3.8) is 0 Å². The summed E-state index contributed by atoms with van der Waals surface area (Å²) in [7, 11) is 0. The van der Waals surface area contributed by atoms with Gasteiger partial charge in [-0.05, 0) is 25.0 Å². The number of benzene rings is 1. The topological polar surface area (TPSA) is 58.6 Å². The Bertz CT molecular complexity index is 637. The number of thioether (sulfide) groups is 1. The highest BCUT2D eigenvalue weighted by atomic mass is 32.2. The number of halogens is 2. The first-order valence-corrected chi connectivity index (χ1v) is 8.67. The SMILES string of the molecule is O=C(COC(=O)CSC(=S)N1CCCC1)Nc1ccc(F)cc1F. The molecule has 0 unspecified atom stereocenters. The summed E-state index contributed by atoms with van der Waals surface area (Å²) in [5.74, 6) is -2.94. The minimum atomic E-state index is -0.902. The molecule has 1 fully saturated rings. The van der Waals surface area contributed by atoms with Gasteiger partial charge in [0.05, 0.1) is 11.4 Å². The molecule has 0 aromatic heterocycles. The van der Waals surface area contributed by atoms with Gasteiger partial charge in [-0.25, -0.2) is 8.78 Å². The summed E-state index contributed by atoms with van der Waals surface area (Å²) in [6, 6.07) is 2.76. The number of likely N-dealkylation sites (tertiary alicyclic amines) is 1. The van der Waals surface area contributed by atoms with Gasteiger partial charge in [-0.15, -0.1) is 0 Å². The van der Waals surface area contributed by atoms with Gasteiger partial charge >= 0.3 is 5.97 Å². The molecule has 9 heteroatoms. The van der Waals surface area contributed by atoms with Crippen molar-refractivity contribution in [2.45, 2.75) is 12.8 Å². The molecule has 1 saturated heterocycles. The van der Waals surface area contributed by atoms with E-state index in [1.54, 1.807) is 0 Å². The Morgan fingerprint density at radius 1 is 1.29 bits per heavy atom. The maximum absolute atomic E-state index is 13.4. The fraction of sp³-hybridized carbons (Fsp3) is 0.400. The van der Waals surface area contributed by atoms with E-state index in [4.69, 9.17) is 17.0 Å². The zero-order valence-corrected chi connectivity index (χ0v) is 14.4. The number of nitrogens with zero attached hydrogens (tertiary/aromatic N) is 1. The number of carbonyl (C=O) groups excluding carboxylic acids is 2. The van der Waals surface area contributed by atoms with E-state index in [1.165, 1.54) is 11.8 Å². The first-order valence-electron chi connectivity index (χ1n) is 7.28. The van der Waals surface area contributed by atoms with E-state index in [1.807, 2.05) is 4.90 Å². The van der Waals surface area contributed by atoms with Crippen LogP contribution in [-0.2, 0) is 14.3 Å². The normalized spacial score (nSPS) is 13.7. The molecule has 1 aliphatic rings. The molecular weight excluding hydrogens is 358 g/mol. The Labute approximate surface area is 147 Å². The van der Waals surface area contributed by atoms with Crippen molar-refractivity contribution < 1.29 is 23.1 Å². The van der Waals surface area contributed by atoms with Gasteiger partial charge < -0.3 is 15.0 Å². The van der Waals surface area contributed by atoms with E-state index < -0.39 is 30.1 Å². The van der Waals surface area contributed by atoms with Crippen LogP contribution in [-0.4, -0.2) is 46.5 Å². The third-order valence-electron chi connectivity index (χ3n) is 3.25. The summed E-state index contributed by atoms with van der Waals surface area (Å²) >= 11 is 6.40. The molecule has 1 aromatic rings. The molecule has 24 heavy (non-hydrogen) atoms. The summed E-state index contributed by atoms with van der Waals surface area (Å²) in [4.78, 5) is 25.2. The molecule has 1 N–H and O–H groups in total. The largest absolute Gasteiger partial charge is 0.455 e. The van der Waals surface area contributed by atoms with Crippen molar-refractivity contribution in [1.29, 1.82) is 0 Å². The van der Waals surface area contributed by atoms with Crippen LogP contribution in [0.3, 0.4) is 0 Å². The molecule has 0 atom stereocenters. The van der Waals surface area contributed by atoms with Gasteiger partial charge in [0, 0.05) is 19.2 Å². The maximum Gasteiger partial charge on any atom is 0.316 e. The quantitative estimate of drug-likeness (QED) is 0.631. The average molecular weight is 374 g/mol. The summed E-state index contributed by atoms with van der Waals surface area (Å²) in [6.45, 7) is 1.24. The zero-order valence-electron chi connectivity index (χ0n) is 12.7. The van der Waals surface area contributed by atoms with Gasteiger partial charge in [-0.2, -0.15) is 0 Å². The minimum absolute atomic E-state index is 0.00746. The average Bonchev–Trinajstić information content (AvgIpc) is 3.08. The van der Waals surface area contributed by atoms with Crippen molar-refractivity contribution in [3.05, 3.63) is 29.8 Å². The molecule has 0 radical (unpaired) electrons. The van der Waals surface area contributed by atoms with Crippen molar-refractivity contribution in [2.75, 3.05) is 30.8 Å². The van der Waals surface area contributed by atoms with Crippen LogP contribution < -0.4 is 5.32 Å². The first-order chi connectivity index (χ1) is 11.5. The Kier molecular flexibility index (Phi) is 6.92. The summed E-state index contributed by atoms with van der Waals surface area (Å²) in [5, 5.41) is 2.20. The van der Waals surface area contributed by atoms with E-state index in [9.17, 15) is 18.4 Å². The highest BCUT2D eigenvalue weighted by Crippen LogP contribution is 2.17. The van der Waals surface area contributed by atoms with Gasteiger partial charge in [-0.1, -0.05) is 24.0 Å². The highest BCUT2D eigenvalue weighted by Gasteiger charge is 2.17. The maximum atomic E-state index is 13.4. The molecule has 0 saturated carbocycles. The fourth-order valence-corrected chi connectivity index (χ4v) is 3.13. The van der Waals surface area contributed by atoms with Crippen LogP contribution in [0.4, 0.5) is 14.5 Å². The Balaban J connectivity index is 1.69. The fourth-order valence-electron chi connectivity index (χ4n) is 2.08. The molecule has 130 valence electrons. The first kappa shape index (κ1) is 18.6. The lowest BCUT2D eigenvalue weighted by molar-refractivity contribution is -0.144. The molecule has 1 aromatic carbocycles. The Morgan fingerprint density at radius 2 is 2.00 bits per heavy atom. The number of esters is 1. The highest BCUT2D eigenvalue weighted by molar-refractivity contribution is 8.23. The Hall–Kier alpha value is -1.74. The standard InChI is InChI=1S/C15H16F2N2O3S2/c16-10-3-4-12(11(17)7-10)18-13(20)8-22-14(21)9-24-15(23)19-5-1-2-6-19/h3-4,7H,1-2,5-6,8-9H2,(H,18,20). The lowest BCUT2D eigenvalue weighted by atomic mass is 10.3. The van der Waals surface area contributed by atoms with E-state index >= 15 is 0 Å². The monoisotopic (exact) mass is 374 g/mol. The van der Waals surface area contributed by atoms with E-state index in [2.05, 4.69) is 5.32 Å². The predicted octanol–water partition coefficient (Wildman–Crippen LogP) is 2.56. The van der Waals surface area contributed by atoms with Gasteiger partial charge in [0.1, 0.15) is 16.0 Å². The minimum Gasteiger partial charge on any atom is -0.455 e. The molecule has 2 rings (SSSR count). The molecular formula is C15H16F2N2O3S2. The van der Waals surface area contributed by atoms with Gasteiger partial charge in [0.15, 0.2) is 6.61 Å².